The van der Waals surface area contributed by atoms with Crippen molar-refractivity contribution in [3.63, 3.8) is 0 Å². The van der Waals surface area contributed by atoms with E-state index in [-0.39, 0.29) is 24.0 Å². The molecule has 1 heterocycles. The molecule has 0 amide bonds. The summed E-state index contributed by atoms with van der Waals surface area (Å²) in [6, 6.07) is 19.2. The van der Waals surface area contributed by atoms with Crippen LogP contribution in [0.5, 0.6) is 0 Å². The van der Waals surface area contributed by atoms with E-state index >= 15 is 0 Å². The minimum absolute atomic E-state index is 0. The standard InChI is InChI=1S/C22H26N4.HI/c1-23-22(26-15-18-13-20(18)16-7-3-2-4-8-16)24-12-11-17-14-25-21-10-6-5-9-19(17)21;/h2-10,14,18,20,25H,11-13,15H2,1H3,(H2,23,24,26);1H. The van der Waals surface area contributed by atoms with Crippen LogP contribution >= 0.6 is 24.0 Å². The van der Waals surface area contributed by atoms with Gasteiger partial charge in [0.1, 0.15) is 0 Å². The number of H-pyrrole nitrogens is 1. The average molecular weight is 474 g/mol. The Morgan fingerprint density at radius 3 is 2.67 bits per heavy atom. The summed E-state index contributed by atoms with van der Waals surface area (Å²) in [6.45, 7) is 1.85. The summed E-state index contributed by atoms with van der Waals surface area (Å²) in [7, 11) is 1.84. The molecule has 142 valence electrons. The molecule has 0 bridgehead atoms. The number of aromatic nitrogens is 1. The third-order valence-corrected chi connectivity index (χ3v) is 5.27. The molecule has 1 fully saturated rings. The number of fused-ring (bicyclic) bond motifs is 1. The van der Waals surface area contributed by atoms with Crippen LogP contribution in [0.25, 0.3) is 10.9 Å². The molecule has 0 saturated heterocycles. The van der Waals surface area contributed by atoms with E-state index < -0.39 is 0 Å². The summed E-state index contributed by atoms with van der Waals surface area (Å²) >= 11 is 0. The first kappa shape index (κ1) is 19.7. The zero-order chi connectivity index (χ0) is 17.8. The van der Waals surface area contributed by atoms with Gasteiger partial charge in [-0.1, -0.05) is 48.5 Å². The summed E-state index contributed by atoms with van der Waals surface area (Å²) in [5, 5.41) is 8.22. The number of guanidine groups is 1. The first-order chi connectivity index (χ1) is 12.8. The maximum Gasteiger partial charge on any atom is 0.190 e. The number of nitrogens with zero attached hydrogens (tertiary/aromatic N) is 1. The van der Waals surface area contributed by atoms with Gasteiger partial charge in [0, 0.05) is 37.2 Å². The first-order valence-corrected chi connectivity index (χ1v) is 9.39. The van der Waals surface area contributed by atoms with Crippen LogP contribution in [0.3, 0.4) is 0 Å². The van der Waals surface area contributed by atoms with Crippen molar-refractivity contribution in [2.24, 2.45) is 10.9 Å². The van der Waals surface area contributed by atoms with Crippen molar-refractivity contribution in [3.8, 4) is 0 Å². The molecule has 1 saturated carbocycles. The van der Waals surface area contributed by atoms with Crippen molar-refractivity contribution in [1.82, 2.24) is 15.6 Å². The van der Waals surface area contributed by atoms with Gasteiger partial charge in [-0.2, -0.15) is 0 Å². The number of rotatable bonds is 6. The molecule has 2 aromatic carbocycles. The normalized spacial score (nSPS) is 18.8. The summed E-state index contributed by atoms with van der Waals surface area (Å²) in [5.41, 5.74) is 4.00. The van der Waals surface area contributed by atoms with Crippen molar-refractivity contribution >= 4 is 40.8 Å². The van der Waals surface area contributed by atoms with Crippen LogP contribution in [0.2, 0.25) is 0 Å². The molecule has 4 rings (SSSR count). The molecule has 4 nitrogen and oxygen atoms in total. The average Bonchev–Trinajstić information content (AvgIpc) is 3.37. The maximum absolute atomic E-state index is 4.35. The van der Waals surface area contributed by atoms with Crippen molar-refractivity contribution < 1.29 is 0 Å². The highest BCUT2D eigenvalue weighted by Gasteiger charge is 2.37. The van der Waals surface area contributed by atoms with Crippen molar-refractivity contribution in [2.45, 2.75) is 18.8 Å². The molecule has 1 aliphatic carbocycles. The second kappa shape index (κ2) is 9.26. The van der Waals surface area contributed by atoms with Crippen LogP contribution in [-0.4, -0.2) is 31.1 Å². The lowest BCUT2D eigenvalue weighted by atomic mass is 10.1. The van der Waals surface area contributed by atoms with Gasteiger partial charge in [-0.15, -0.1) is 24.0 Å². The first-order valence-electron chi connectivity index (χ1n) is 9.39. The molecule has 2 atom stereocenters. The summed E-state index contributed by atoms with van der Waals surface area (Å²) in [4.78, 5) is 7.69. The summed E-state index contributed by atoms with van der Waals surface area (Å²) < 4.78 is 0. The zero-order valence-electron chi connectivity index (χ0n) is 15.6. The predicted molar refractivity (Wildman–Crippen MR) is 124 cm³/mol. The van der Waals surface area contributed by atoms with Gasteiger partial charge >= 0.3 is 0 Å². The molecule has 2 unspecified atom stereocenters. The minimum Gasteiger partial charge on any atom is -0.361 e. The Hall–Kier alpha value is -2.02. The van der Waals surface area contributed by atoms with Crippen LogP contribution in [0.15, 0.2) is 65.8 Å². The lowest BCUT2D eigenvalue weighted by Gasteiger charge is -2.11. The van der Waals surface area contributed by atoms with Crippen LogP contribution < -0.4 is 10.6 Å². The predicted octanol–water partition coefficient (Wildman–Crippen LogP) is 4.30. The van der Waals surface area contributed by atoms with E-state index in [1.165, 1.54) is 28.5 Å². The number of aliphatic imine (C=N–C) groups is 1. The monoisotopic (exact) mass is 474 g/mol. The molecule has 5 heteroatoms. The van der Waals surface area contributed by atoms with Gasteiger partial charge in [0.15, 0.2) is 5.96 Å². The lowest BCUT2D eigenvalue weighted by molar-refractivity contribution is 0.718. The fraction of sp³-hybridized carbons (Fsp3) is 0.318. The molecule has 1 aromatic heterocycles. The molecular formula is C22H27IN4. The van der Waals surface area contributed by atoms with E-state index in [0.717, 1.165) is 25.5 Å². The molecule has 0 aliphatic heterocycles. The van der Waals surface area contributed by atoms with E-state index in [0.29, 0.717) is 11.8 Å². The second-order valence-electron chi connectivity index (χ2n) is 7.00. The molecule has 3 N–H and O–H groups in total. The number of halogens is 1. The van der Waals surface area contributed by atoms with E-state index in [9.17, 15) is 0 Å². The molecule has 0 radical (unpaired) electrons. The summed E-state index contributed by atoms with van der Waals surface area (Å²) in [6.07, 6.45) is 4.35. The fourth-order valence-corrected chi connectivity index (χ4v) is 3.68. The molecule has 0 spiro atoms. The maximum atomic E-state index is 4.35. The Labute approximate surface area is 177 Å². The van der Waals surface area contributed by atoms with Gasteiger partial charge in [-0.25, -0.2) is 0 Å². The lowest BCUT2D eigenvalue weighted by Crippen LogP contribution is -2.39. The highest BCUT2D eigenvalue weighted by molar-refractivity contribution is 14.0. The molecule has 1 aliphatic rings. The third-order valence-electron chi connectivity index (χ3n) is 5.27. The Bertz CT molecular complexity index is 887. The van der Waals surface area contributed by atoms with Crippen molar-refractivity contribution in [3.05, 3.63) is 71.9 Å². The number of aromatic amines is 1. The van der Waals surface area contributed by atoms with Gasteiger partial charge in [0.2, 0.25) is 0 Å². The Kier molecular flexibility index (Phi) is 6.77. The van der Waals surface area contributed by atoms with E-state index in [1.54, 1.807) is 0 Å². The Morgan fingerprint density at radius 1 is 1.07 bits per heavy atom. The van der Waals surface area contributed by atoms with E-state index in [2.05, 4.69) is 81.4 Å². The quantitative estimate of drug-likeness (QED) is 0.284. The molecule has 3 aromatic rings. The van der Waals surface area contributed by atoms with Gasteiger partial charge in [-0.3, -0.25) is 4.99 Å². The van der Waals surface area contributed by atoms with Crippen molar-refractivity contribution in [1.29, 1.82) is 0 Å². The zero-order valence-corrected chi connectivity index (χ0v) is 17.9. The highest BCUT2D eigenvalue weighted by Crippen LogP contribution is 2.46. The number of hydrogen-bond acceptors (Lipinski definition) is 1. The van der Waals surface area contributed by atoms with Crippen LogP contribution in [0, 0.1) is 5.92 Å². The minimum atomic E-state index is 0. The second-order valence-corrected chi connectivity index (χ2v) is 7.00. The van der Waals surface area contributed by atoms with E-state index in [1.807, 2.05) is 7.05 Å². The van der Waals surface area contributed by atoms with Crippen molar-refractivity contribution in [2.75, 3.05) is 20.1 Å². The number of para-hydroxylation sites is 1. The number of hydrogen-bond donors (Lipinski definition) is 3. The Morgan fingerprint density at radius 2 is 1.85 bits per heavy atom. The fourth-order valence-electron chi connectivity index (χ4n) is 3.68. The van der Waals surface area contributed by atoms with Gasteiger partial charge in [0.05, 0.1) is 0 Å². The largest absolute Gasteiger partial charge is 0.361 e. The number of benzene rings is 2. The topological polar surface area (TPSA) is 52.2 Å². The third kappa shape index (κ3) is 4.83. The number of nitrogens with one attached hydrogen (secondary N) is 3. The van der Waals surface area contributed by atoms with E-state index in [4.69, 9.17) is 0 Å². The highest BCUT2D eigenvalue weighted by atomic mass is 127. The van der Waals surface area contributed by atoms with Gasteiger partial charge < -0.3 is 15.6 Å². The van der Waals surface area contributed by atoms with Crippen LogP contribution in [0.1, 0.15) is 23.5 Å². The molecule has 27 heavy (non-hydrogen) atoms. The van der Waals surface area contributed by atoms with Gasteiger partial charge in [0.25, 0.3) is 0 Å². The summed E-state index contributed by atoms with van der Waals surface area (Å²) in [5.74, 6) is 2.31. The van der Waals surface area contributed by atoms with Gasteiger partial charge in [-0.05, 0) is 41.9 Å². The van der Waals surface area contributed by atoms with Crippen LogP contribution in [0.4, 0.5) is 0 Å². The van der Waals surface area contributed by atoms with Crippen LogP contribution in [-0.2, 0) is 6.42 Å². The molecular weight excluding hydrogens is 447 g/mol. The smallest absolute Gasteiger partial charge is 0.190 e. The Balaban J connectivity index is 0.00000210. The SMILES string of the molecule is CN=C(NCCc1c[nH]c2ccccc12)NCC1CC1c1ccccc1.I.